The molecule has 0 unspecified atom stereocenters. The summed E-state index contributed by atoms with van der Waals surface area (Å²) in [4.78, 5) is 19.3. The van der Waals surface area contributed by atoms with Crippen molar-refractivity contribution in [3.05, 3.63) is 47.0 Å². The molecule has 3 rings (SSSR count). The minimum atomic E-state index is -0.000910. The molecular weight excluding hydrogens is 264 g/mol. The number of carbonyl (C=O) groups excluding carboxylic acids is 1. The Morgan fingerprint density at radius 2 is 2.32 bits per heavy atom. The van der Waals surface area contributed by atoms with E-state index in [1.807, 2.05) is 12.1 Å². The van der Waals surface area contributed by atoms with Crippen LogP contribution in [0.5, 0.6) is 0 Å². The summed E-state index contributed by atoms with van der Waals surface area (Å²) in [7, 11) is 0. The largest absolute Gasteiger partial charge is 0.378 e. The van der Waals surface area contributed by atoms with Gasteiger partial charge in [-0.25, -0.2) is 9.97 Å². The van der Waals surface area contributed by atoms with Crippen LogP contribution in [-0.4, -0.2) is 15.9 Å². The number of fused-ring (bicyclic) bond motifs is 1. The van der Waals surface area contributed by atoms with E-state index in [4.69, 9.17) is 11.6 Å². The van der Waals surface area contributed by atoms with Gasteiger partial charge in [-0.3, -0.25) is 4.79 Å². The van der Waals surface area contributed by atoms with Gasteiger partial charge in [0, 0.05) is 11.9 Å². The smallest absolute Gasteiger partial charge is 0.228 e. The molecule has 1 aliphatic rings. The predicted molar refractivity (Wildman–Crippen MR) is 73.1 cm³/mol. The maximum Gasteiger partial charge on any atom is 0.228 e. The summed E-state index contributed by atoms with van der Waals surface area (Å²) < 4.78 is 0. The van der Waals surface area contributed by atoms with Crippen LogP contribution in [0.25, 0.3) is 0 Å². The number of hydrogen-bond acceptors (Lipinski definition) is 4. The van der Waals surface area contributed by atoms with Crippen LogP contribution in [0.1, 0.15) is 11.3 Å². The van der Waals surface area contributed by atoms with Gasteiger partial charge in [0.1, 0.15) is 6.33 Å². The van der Waals surface area contributed by atoms with Crippen molar-refractivity contribution in [2.24, 2.45) is 0 Å². The van der Waals surface area contributed by atoms with Crippen LogP contribution in [0.4, 0.5) is 11.4 Å². The van der Waals surface area contributed by atoms with E-state index >= 15 is 0 Å². The molecule has 6 heteroatoms. The third-order valence-corrected chi connectivity index (χ3v) is 3.23. The second kappa shape index (κ2) is 4.85. The van der Waals surface area contributed by atoms with Crippen molar-refractivity contribution < 1.29 is 4.79 Å². The maximum absolute atomic E-state index is 11.3. The molecule has 0 saturated heterocycles. The Morgan fingerprint density at radius 1 is 1.42 bits per heavy atom. The van der Waals surface area contributed by atoms with Gasteiger partial charge in [-0.2, -0.15) is 0 Å². The van der Waals surface area contributed by atoms with Gasteiger partial charge in [-0.1, -0.05) is 11.6 Å². The minimum absolute atomic E-state index is 0.000910. The molecule has 1 aromatic carbocycles. The van der Waals surface area contributed by atoms with Crippen LogP contribution in [0, 0.1) is 0 Å². The molecule has 2 N–H and O–H groups in total. The molecule has 5 nitrogen and oxygen atoms in total. The molecule has 0 atom stereocenters. The summed E-state index contributed by atoms with van der Waals surface area (Å²) in [5.41, 5.74) is 3.43. The van der Waals surface area contributed by atoms with Crippen molar-refractivity contribution in [3.63, 3.8) is 0 Å². The molecule has 1 aliphatic heterocycles. The van der Waals surface area contributed by atoms with Crippen LogP contribution in [0.15, 0.2) is 30.7 Å². The Hall–Kier alpha value is -2.14. The molecule has 96 valence electrons. The van der Waals surface area contributed by atoms with Gasteiger partial charge in [0.15, 0.2) is 0 Å². The molecule has 2 aromatic rings. The lowest BCUT2D eigenvalue weighted by Gasteiger charge is -2.10. The molecule has 0 fully saturated rings. The molecule has 0 saturated carbocycles. The van der Waals surface area contributed by atoms with Crippen molar-refractivity contribution in [1.29, 1.82) is 0 Å². The van der Waals surface area contributed by atoms with Gasteiger partial charge in [-0.05, 0) is 23.8 Å². The van der Waals surface area contributed by atoms with E-state index in [1.165, 1.54) is 6.33 Å². The molecular formula is C13H11ClN4O. The van der Waals surface area contributed by atoms with E-state index < -0.39 is 0 Å². The van der Waals surface area contributed by atoms with Gasteiger partial charge in [0.25, 0.3) is 0 Å². The fourth-order valence-electron chi connectivity index (χ4n) is 1.99. The number of carbonyl (C=O) groups is 1. The van der Waals surface area contributed by atoms with Crippen molar-refractivity contribution >= 4 is 28.9 Å². The van der Waals surface area contributed by atoms with Crippen molar-refractivity contribution in [1.82, 2.24) is 9.97 Å². The van der Waals surface area contributed by atoms with Gasteiger partial charge >= 0.3 is 0 Å². The minimum Gasteiger partial charge on any atom is -0.378 e. The topological polar surface area (TPSA) is 66.9 Å². The van der Waals surface area contributed by atoms with Crippen LogP contribution in [0.3, 0.4) is 0 Å². The monoisotopic (exact) mass is 274 g/mol. The number of anilines is 2. The number of nitrogens with one attached hydrogen (secondary N) is 2. The zero-order chi connectivity index (χ0) is 13.2. The third-order valence-electron chi connectivity index (χ3n) is 2.92. The highest BCUT2D eigenvalue weighted by molar-refractivity contribution is 6.33. The highest BCUT2D eigenvalue weighted by atomic mass is 35.5. The van der Waals surface area contributed by atoms with E-state index in [-0.39, 0.29) is 5.91 Å². The third kappa shape index (κ3) is 2.51. The Labute approximate surface area is 115 Å². The van der Waals surface area contributed by atoms with Crippen molar-refractivity contribution in [2.75, 3.05) is 10.6 Å². The Morgan fingerprint density at radius 3 is 3.11 bits per heavy atom. The Kier molecular flexibility index (Phi) is 3.05. The Bertz CT molecular complexity index is 630. The van der Waals surface area contributed by atoms with E-state index in [1.54, 1.807) is 12.3 Å². The molecule has 0 bridgehead atoms. The number of nitrogens with zero attached hydrogens (tertiary/aromatic N) is 2. The summed E-state index contributed by atoms with van der Waals surface area (Å²) >= 11 is 6.18. The van der Waals surface area contributed by atoms with Crippen LogP contribution in [0.2, 0.25) is 5.02 Å². The first-order valence-electron chi connectivity index (χ1n) is 5.83. The maximum atomic E-state index is 11.3. The quantitative estimate of drug-likeness (QED) is 0.901. The average Bonchev–Trinajstić information content (AvgIpc) is 2.76. The van der Waals surface area contributed by atoms with Crippen LogP contribution in [-0.2, 0) is 17.8 Å². The highest BCUT2D eigenvalue weighted by Crippen LogP contribution is 2.32. The predicted octanol–water partition coefficient (Wildman–Crippen LogP) is 2.24. The number of halogens is 1. The lowest BCUT2D eigenvalue weighted by atomic mass is 10.1. The highest BCUT2D eigenvalue weighted by Gasteiger charge is 2.19. The van der Waals surface area contributed by atoms with Crippen LogP contribution >= 0.6 is 11.6 Å². The first kappa shape index (κ1) is 11.9. The van der Waals surface area contributed by atoms with E-state index in [0.717, 1.165) is 22.6 Å². The second-order valence-electron chi connectivity index (χ2n) is 4.27. The number of amides is 1. The van der Waals surface area contributed by atoms with E-state index in [2.05, 4.69) is 20.6 Å². The lowest BCUT2D eigenvalue weighted by molar-refractivity contribution is -0.115. The standard InChI is InChI=1S/C13H11ClN4O/c14-10-5-11-8(4-13(19)18-11)3-12(10)16-6-9-1-2-15-7-17-9/h1-3,5,7,16H,4,6H2,(H,18,19). The van der Waals surface area contributed by atoms with Crippen LogP contribution < -0.4 is 10.6 Å². The fraction of sp³-hybridized carbons (Fsp3) is 0.154. The first-order valence-corrected chi connectivity index (χ1v) is 6.21. The summed E-state index contributed by atoms with van der Waals surface area (Å²) in [6.07, 6.45) is 3.59. The number of aromatic nitrogens is 2. The average molecular weight is 275 g/mol. The van der Waals surface area contributed by atoms with Gasteiger partial charge < -0.3 is 10.6 Å². The molecule has 1 amide bonds. The molecule has 0 spiro atoms. The first-order chi connectivity index (χ1) is 9.22. The summed E-state index contributed by atoms with van der Waals surface area (Å²) in [6, 6.07) is 5.50. The molecule has 1 aromatic heterocycles. The second-order valence-corrected chi connectivity index (χ2v) is 4.68. The zero-order valence-electron chi connectivity index (χ0n) is 9.98. The van der Waals surface area contributed by atoms with Gasteiger partial charge in [0.05, 0.1) is 29.4 Å². The van der Waals surface area contributed by atoms with Gasteiger partial charge in [0.2, 0.25) is 5.91 Å². The summed E-state index contributed by atoms with van der Waals surface area (Å²) in [5.74, 6) is -0.000910. The molecule has 0 aliphatic carbocycles. The number of benzene rings is 1. The molecule has 2 heterocycles. The fourth-order valence-corrected chi connectivity index (χ4v) is 2.22. The molecule has 19 heavy (non-hydrogen) atoms. The lowest BCUT2D eigenvalue weighted by Crippen LogP contribution is -2.03. The normalized spacial score (nSPS) is 13.0. The van der Waals surface area contributed by atoms with E-state index in [9.17, 15) is 4.79 Å². The van der Waals surface area contributed by atoms with Crippen molar-refractivity contribution in [3.8, 4) is 0 Å². The van der Waals surface area contributed by atoms with Crippen molar-refractivity contribution in [2.45, 2.75) is 13.0 Å². The van der Waals surface area contributed by atoms with E-state index in [0.29, 0.717) is 18.0 Å². The molecule has 0 radical (unpaired) electrons. The number of rotatable bonds is 3. The van der Waals surface area contributed by atoms with Gasteiger partial charge in [-0.15, -0.1) is 0 Å². The zero-order valence-corrected chi connectivity index (χ0v) is 10.7. The summed E-state index contributed by atoms with van der Waals surface area (Å²) in [5, 5.41) is 6.56. The number of hydrogen-bond donors (Lipinski definition) is 2. The SMILES string of the molecule is O=C1Cc2cc(NCc3ccncn3)c(Cl)cc2N1. The summed E-state index contributed by atoms with van der Waals surface area (Å²) in [6.45, 7) is 0.558. The Balaban J connectivity index is 1.79.